The Morgan fingerprint density at radius 2 is 2.04 bits per heavy atom. The second-order valence-electron chi connectivity index (χ2n) is 6.24. The first-order valence-corrected chi connectivity index (χ1v) is 8.46. The molecular formula is C18H20N4O4. The van der Waals surface area contributed by atoms with E-state index in [1.807, 2.05) is 0 Å². The highest BCUT2D eigenvalue weighted by atomic mass is 16.2. The van der Waals surface area contributed by atoms with Crippen molar-refractivity contribution in [3.05, 3.63) is 42.0 Å². The summed E-state index contributed by atoms with van der Waals surface area (Å²) in [6, 6.07) is 4.43. The molecule has 2 aliphatic rings. The number of fused-ring (bicyclic) bond motifs is 1. The molecule has 26 heavy (non-hydrogen) atoms. The molecule has 1 fully saturated rings. The van der Waals surface area contributed by atoms with Crippen LogP contribution >= 0.6 is 0 Å². The van der Waals surface area contributed by atoms with Crippen LogP contribution < -0.4 is 21.1 Å². The van der Waals surface area contributed by atoms with Crippen LogP contribution in [0.25, 0.3) is 0 Å². The highest BCUT2D eigenvalue weighted by Gasteiger charge is 2.27. The van der Waals surface area contributed by atoms with Gasteiger partial charge in [-0.15, -0.1) is 0 Å². The van der Waals surface area contributed by atoms with Gasteiger partial charge in [0.2, 0.25) is 11.8 Å². The summed E-state index contributed by atoms with van der Waals surface area (Å²) < 4.78 is 0. The molecule has 3 N–H and O–H groups in total. The minimum absolute atomic E-state index is 0.172. The number of anilines is 1. The van der Waals surface area contributed by atoms with Gasteiger partial charge in [-0.05, 0) is 49.1 Å². The SMILES string of the molecule is C=CC(=O)N1CCCc2cc(C(=O)NNC(=O)C3CCC(=O)N3)ccc21. The summed E-state index contributed by atoms with van der Waals surface area (Å²) in [5.74, 6) is -1.26. The molecular weight excluding hydrogens is 336 g/mol. The third kappa shape index (κ3) is 3.58. The van der Waals surface area contributed by atoms with Gasteiger partial charge in [-0.2, -0.15) is 0 Å². The molecule has 0 radical (unpaired) electrons. The van der Waals surface area contributed by atoms with E-state index >= 15 is 0 Å². The van der Waals surface area contributed by atoms with Gasteiger partial charge in [-0.3, -0.25) is 30.0 Å². The predicted octanol–water partition coefficient (Wildman–Crippen LogP) is 0.191. The Morgan fingerprint density at radius 1 is 1.23 bits per heavy atom. The quantitative estimate of drug-likeness (QED) is 0.531. The molecule has 1 unspecified atom stereocenters. The van der Waals surface area contributed by atoms with E-state index in [1.54, 1.807) is 23.1 Å². The smallest absolute Gasteiger partial charge is 0.269 e. The first kappa shape index (κ1) is 17.7. The molecule has 8 heteroatoms. The van der Waals surface area contributed by atoms with Crippen LogP contribution in [0.15, 0.2) is 30.9 Å². The molecule has 1 atom stereocenters. The normalized spacial score (nSPS) is 18.5. The predicted molar refractivity (Wildman–Crippen MR) is 94.1 cm³/mol. The highest BCUT2D eigenvalue weighted by Crippen LogP contribution is 2.28. The summed E-state index contributed by atoms with van der Waals surface area (Å²) >= 11 is 0. The van der Waals surface area contributed by atoms with Gasteiger partial charge in [0.1, 0.15) is 6.04 Å². The monoisotopic (exact) mass is 356 g/mol. The van der Waals surface area contributed by atoms with Gasteiger partial charge in [0, 0.05) is 24.2 Å². The Hall–Kier alpha value is -3.16. The second kappa shape index (κ2) is 7.38. The lowest BCUT2D eigenvalue weighted by molar-refractivity contribution is -0.126. The maximum atomic E-state index is 12.3. The number of benzene rings is 1. The van der Waals surface area contributed by atoms with Gasteiger partial charge < -0.3 is 10.2 Å². The number of nitrogens with one attached hydrogen (secondary N) is 3. The van der Waals surface area contributed by atoms with Gasteiger partial charge >= 0.3 is 0 Å². The lowest BCUT2D eigenvalue weighted by atomic mass is 9.99. The van der Waals surface area contributed by atoms with Crippen LogP contribution in [0, 0.1) is 0 Å². The van der Waals surface area contributed by atoms with E-state index in [0.717, 1.165) is 24.1 Å². The largest absolute Gasteiger partial charge is 0.344 e. The van der Waals surface area contributed by atoms with Gasteiger partial charge in [0.25, 0.3) is 11.8 Å². The lowest BCUT2D eigenvalue weighted by Crippen LogP contribution is -2.49. The van der Waals surface area contributed by atoms with Crippen LogP contribution in [0.3, 0.4) is 0 Å². The zero-order valence-electron chi connectivity index (χ0n) is 14.2. The second-order valence-corrected chi connectivity index (χ2v) is 6.24. The van der Waals surface area contributed by atoms with Crippen LogP contribution in [-0.4, -0.2) is 36.2 Å². The fourth-order valence-corrected chi connectivity index (χ4v) is 3.17. The Bertz CT molecular complexity index is 789. The Kier molecular flexibility index (Phi) is 5.01. The van der Waals surface area contributed by atoms with Crippen LogP contribution in [-0.2, 0) is 20.8 Å². The molecule has 0 spiro atoms. The van der Waals surface area contributed by atoms with E-state index in [1.165, 1.54) is 6.08 Å². The van der Waals surface area contributed by atoms with Crippen molar-refractivity contribution in [2.24, 2.45) is 0 Å². The molecule has 1 saturated heterocycles. The van der Waals surface area contributed by atoms with Gasteiger partial charge in [0.05, 0.1) is 0 Å². The topological polar surface area (TPSA) is 108 Å². The molecule has 136 valence electrons. The first-order chi connectivity index (χ1) is 12.5. The number of hydrogen-bond acceptors (Lipinski definition) is 4. The number of carbonyl (C=O) groups is 4. The molecule has 2 heterocycles. The fraction of sp³-hybridized carbons (Fsp3) is 0.333. The number of carbonyl (C=O) groups excluding carboxylic acids is 4. The van der Waals surface area contributed by atoms with Crippen molar-refractivity contribution in [1.29, 1.82) is 0 Å². The molecule has 0 aliphatic carbocycles. The molecule has 8 nitrogen and oxygen atoms in total. The average Bonchev–Trinajstić information content (AvgIpc) is 3.10. The Labute approximate surface area is 150 Å². The molecule has 1 aromatic rings. The third-order valence-corrected chi connectivity index (χ3v) is 4.51. The van der Waals surface area contributed by atoms with Gasteiger partial charge in [-0.25, -0.2) is 0 Å². The molecule has 2 aliphatic heterocycles. The maximum absolute atomic E-state index is 12.3. The zero-order valence-corrected chi connectivity index (χ0v) is 14.2. The molecule has 0 aromatic heterocycles. The van der Waals surface area contributed by atoms with Crippen LogP contribution in [0.2, 0.25) is 0 Å². The van der Waals surface area contributed by atoms with Crippen molar-refractivity contribution in [3.8, 4) is 0 Å². The minimum atomic E-state index is -0.621. The summed E-state index contributed by atoms with van der Waals surface area (Å²) in [6.07, 6.45) is 3.55. The van der Waals surface area contributed by atoms with E-state index in [0.29, 0.717) is 24.9 Å². The minimum Gasteiger partial charge on any atom is -0.344 e. The fourth-order valence-electron chi connectivity index (χ4n) is 3.17. The van der Waals surface area contributed by atoms with Crippen molar-refractivity contribution in [2.45, 2.75) is 31.7 Å². The Morgan fingerprint density at radius 3 is 2.73 bits per heavy atom. The summed E-state index contributed by atoms with van der Waals surface area (Å²) in [5, 5.41) is 2.53. The van der Waals surface area contributed by atoms with E-state index < -0.39 is 17.9 Å². The maximum Gasteiger partial charge on any atom is 0.269 e. The summed E-state index contributed by atoms with van der Waals surface area (Å²) in [4.78, 5) is 48.9. The number of hydrogen-bond donors (Lipinski definition) is 3. The van der Waals surface area contributed by atoms with Crippen LogP contribution in [0.1, 0.15) is 35.2 Å². The zero-order chi connectivity index (χ0) is 18.7. The molecule has 4 amide bonds. The molecule has 0 bridgehead atoms. The summed E-state index contributed by atoms with van der Waals surface area (Å²) in [5.41, 5.74) is 6.74. The lowest BCUT2D eigenvalue weighted by Gasteiger charge is -2.28. The third-order valence-electron chi connectivity index (χ3n) is 4.51. The van der Waals surface area contributed by atoms with Crippen molar-refractivity contribution in [2.75, 3.05) is 11.4 Å². The number of amides is 4. The first-order valence-electron chi connectivity index (χ1n) is 8.46. The summed E-state index contributed by atoms with van der Waals surface area (Å²) in [7, 11) is 0. The molecule has 1 aromatic carbocycles. The van der Waals surface area contributed by atoms with Crippen molar-refractivity contribution >= 4 is 29.3 Å². The van der Waals surface area contributed by atoms with E-state index in [-0.39, 0.29) is 11.8 Å². The van der Waals surface area contributed by atoms with Crippen LogP contribution in [0.4, 0.5) is 5.69 Å². The van der Waals surface area contributed by atoms with Crippen molar-refractivity contribution < 1.29 is 19.2 Å². The number of rotatable bonds is 3. The summed E-state index contributed by atoms with van der Waals surface area (Å²) in [6.45, 7) is 4.13. The van der Waals surface area contributed by atoms with Crippen molar-refractivity contribution in [1.82, 2.24) is 16.2 Å². The highest BCUT2D eigenvalue weighted by molar-refractivity contribution is 6.03. The number of aryl methyl sites for hydroxylation is 1. The molecule has 0 saturated carbocycles. The molecule has 3 rings (SSSR count). The average molecular weight is 356 g/mol. The standard InChI is InChI=1S/C18H20N4O4/c1-2-16(24)22-9-3-4-11-10-12(5-7-14(11)22)17(25)20-21-18(26)13-6-8-15(23)19-13/h2,5,7,10,13H,1,3-4,6,8-9H2,(H,19,23)(H,20,25)(H,21,26). The van der Waals surface area contributed by atoms with E-state index in [9.17, 15) is 19.2 Å². The number of hydrazine groups is 1. The van der Waals surface area contributed by atoms with Gasteiger partial charge in [-0.1, -0.05) is 6.58 Å². The van der Waals surface area contributed by atoms with Crippen LogP contribution in [0.5, 0.6) is 0 Å². The van der Waals surface area contributed by atoms with Crippen molar-refractivity contribution in [3.63, 3.8) is 0 Å². The van der Waals surface area contributed by atoms with E-state index in [4.69, 9.17) is 0 Å². The van der Waals surface area contributed by atoms with E-state index in [2.05, 4.69) is 22.7 Å². The Balaban J connectivity index is 1.65. The van der Waals surface area contributed by atoms with Gasteiger partial charge in [0.15, 0.2) is 0 Å². The number of nitrogens with zero attached hydrogens (tertiary/aromatic N) is 1.